The molecule has 0 amide bonds. The molecule has 0 atom stereocenters. The predicted molar refractivity (Wildman–Crippen MR) is 95.4 cm³/mol. The first-order valence-corrected chi connectivity index (χ1v) is 9.65. The van der Waals surface area contributed by atoms with Gasteiger partial charge in [0.25, 0.3) is 0 Å². The van der Waals surface area contributed by atoms with Crippen molar-refractivity contribution in [3.8, 4) is 0 Å². The zero-order valence-corrected chi connectivity index (χ0v) is 15.2. The minimum Gasteiger partial charge on any atom is -0.348 e. The van der Waals surface area contributed by atoms with E-state index in [0.29, 0.717) is 6.04 Å². The topological polar surface area (TPSA) is 41.0 Å². The molecular weight excluding hydrogens is 312 g/mol. The molecule has 120 valence electrons. The van der Waals surface area contributed by atoms with Crippen LogP contribution < -0.4 is 10.2 Å². The molecule has 0 saturated carbocycles. The summed E-state index contributed by atoms with van der Waals surface area (Å²) in [5, 5.41) is 8.22. The lowest BCUT2D eigenvalue weighted by molar-refractivity contribution is 0.417. The summed E-state index contributed by atoms with van der Waals surface area (Å²) in [6.07, 6.45) is 3.52. The third kappa shape index (κ3) is 3.86. The maximum absolute atomic E-state index is 4.59. The van der Waals surface area contributed by atoms with Gasteiger partial charge in [0.1, 0.15) is 0 Å². The van der Waals surface area contributed by atoms with Gasteiger partial charge in [-0.15, -0.1) is 22.7 Å². The van der Waals surface area contributed by atoms with Crippen molar-refractivity contribution in [1.29, 1.82) is 0 Å². The average molecular weight is 337 g/mol. The van der Waals surface area contributed by atoms with Crippen molar-refractivity contribution in [2.75, 3.05) is 24.5 Å². The molecule has 0 radical (unpaired) electrons. The molecule has 0 aliphatic carbocycles. The van der Waals surface area contributed by atoms with E-state index in [1.54, 1.807) is 11.3 Å². The lowest BCUT2D eigenvalue weighted by Crippen LogP contribution is -2.43. The Kier molecular flexibility index (Phi) is 5.10. The SMILES string of the molecule is Cc1csc(N2CCC(NCCc3sc(C)nc3C)CC2)n1. The average Bonchev–Trinajstić information content (AvgIpc) is 3.06. The summed E-state index contributed by atoms with van der Waals surface area (Å²) in [6.45, 7) is 9.56. The van der Waals surface area contributed by atoms with Crippen LogP contribution in [-0.4, -0.2) is 35.6 Å². The van der Waals surface area contributed by atoms with Gasteiger partial charge in [-0.25, -0.2) is 9.97 Å². The molecule has 1 aliphatic heterocycles. The minimum absolute atomic E-state index is 0.645. The summed E-state index contributed by atoms with van der Waals surface area (Å²) >= 11 is 3.60. The molecule has 0 spiro atoms. The summed E-state index contributed by atoms with van der Waals surface area (Å²) in [7, 11) is 0. The molecule has 2 aromatic rings. The highest BCUT2D eigenvalue weighted by atomic mass is 32.1. The first-order valence-electron chi connectivity index (χ1n) is 7.95. The largest absolute Gasteiger partial charge is 0.348 e. The number of aromatic nitrogens is 2. The molecule has 1 N–H and O–H groups in total. The number of nitrogens with zero attached hydrogens (tertiary/aromatic N) is 3. The van der Waals surface area contributed by atoms with Crippen molar-refractivity contribution < 1.29 is 0 Å². The van der Waals surface area contributed by atoms with Gasteiger partial charge in [0, 0.05) is 35.9 Å². The number of rotatable bonds is 5. The first kappa shape index (κ1) is 15.9. The zero-order chi connectivity index (χ0) is 15.5. The number of thiazole rings is 2. The van der Waals surface area contributed by atoms with Crippen LogP contribution >= 0.6 is 22.7 Å². The molecule has 1 aliphatic rings. The van der Waals surface area contributed by atoms with Gasteiger partial charge in [-0.05, 0) is 40.0 Å². The van der Waals surface area contributed by atoms with Crippen molar-refractivity contribution in [3.63, 3.8) is 0 Å². The van der Waals surface area contributed by atoms with Crippen LogP contribution in [0.25, 0.3) is 0 Å². The van der Waals surface area contributed by atoms with Gasteiger partial charge in [0.05, 0.1) is 16.4 Å². The van der Waals surface area contributed by atoms with E-state index >= 15 is 0 Å². The van der Waals surface area contributed by atoms with Gasteiger partial charge in [0.2, 0.25) is 0 Å². The number of hydrogen-bond acceptors (Lipinski definition) is 6. The summed E-state index contributed by atoms with van der Waals surface area (Å²) < 4.78 is 0. The van der Waals surface area contributed by atoms with Crippen LogP contribution in [0.1, 0.15) is 34.1 Å². The fraction of sp³-hybridized carbons (Fsp3) is 0.625. The Morgan fingerprint density at radius 3 is 2.59 bits per heavy atom. The number of hydrogen-bond donors (Lipinski definition) is 1. The lowest BCUT2D eigenvalue weighted by Gasteiger charge is -2.32. The quantitative estimate of drug-likeness (QED) is 0.909. The Balaban J connectivity index is 1.41. The Labute approximate surface area is 140 Å². The monoisotopic (exact) mass is 336 g/mol. The summed E-state index contributed by atoms with van der Waals surface area (Å²) in [6, 6.07) is 0.645. The molecule has 0 aromatic carbocycles. The van der Waals surface area contributed by atoms with Gasteiger partial charge < -0.3 is 10.2 Å². The van der Waals surface area contributed by atoms with Crippen molar-refractivity contribution in [2.45, 2.75) is 46.1 Å². The van der Waals surface area contributed by atoms with E-state index in [4.69, 9.17) is 0 Å². The molecular formula is C16H24N4S2. The van der Waals surface area contributed by atoms with Crippen LogP contribution in [0.2, 0.25) is 0 Å². The second-order valence-electron chi connectivity index (χ2n) is 5.98. The molecule has 0 bridgehead atoms. The summed E-state index contributed by atoms with van der Waals surface area (Å²) in [5.41, 5.74) is 2.34. The van der Waals surface area contributed by atoms with Crippen molar-refractivity contribution in [3.05, 3.63) is 26.7 Å². The Hall–Kier alpha value is -0.980. The van der Waals surface area contributed by atoms with E-state index in [-0.39, 0.29) is 0 Å². The van der Waals surface area contributed by atoms with Crippen LogP contribution in [0.15, 0.2) is 5.38 Å². The highest BCUT2D eigenvalue weighted by Crippen LogP contribution is 2.24. The maximum Gasteiger partial charge on any atom is 0.185 e. The first-order chi connectivity index (χ1) is 10.6. The normalized spacial score (nSPS) is 16.4. The van der Waals surface area contributed by atoms with Gasteiger partial charge in [-0.3, -0.25) is 0 Å². The highest BCUT2D eigenvalue weighted by Gasteiger charge is 2.20. The van der Waals surface area contributed by atoms with E-state index in [1.807, 2.05) is 11.3 Å². The predicted octanol–water partition coefficient (Wildman–Crippen LogP) is 3.33. The van der Waals surface area contributed by atoms with Gasteiger partial charge in [-0.1, -0.05) is 0 Å². The molecule has 4 nitrogen and oxygen atoms in total. The fourth-order valence-corrected chi connectivity index (χ4v) is 4.75. The number of piperidine rings is 1. The summed E-state index contributed by atoms with van der Waals surface area (Å²) in [4.78, 5) is 12.9. The molecule has 3 rings (SSSR count). The van der Waals surface area contributed by atoms with E-state index in [1.165, 1.54) is 33.6 Å². The molecule has 3 heterocycles. The van der Waals surface area contributed by atoms with Gasteiger partial charge in [0.15, 0.2) is 5.13 Å². The van der Waals surface area contributed by atoms with Crippen LogP contribution in [0.4, 0.5) is 5.13 Å². The van der Waals surface area contributed by atoms with Crippen LogP contribution in [-0.2, 0) is 6.42 Å². The highest BCUT2D eigenvalue weighted by molar-refractivity contribution is 7.13. The van der Waals surface area contributed by atoms with Gasteiger partial charge >= 0.3 is 0 Å². The molecule has 1 saturated heterocycles. The van der Waals surface area contributed by atoms with Crippen LogP contribution in [0, 0.1) is 20.8 Å². The Morgan fingerprint density at radius 2 is 2.00 bits per heavy atom. The molecule has 1 fully saturated rings. The molecule has 0 unspecified atom stereocenters. The maximum atomic E-state index is 4.59. The molecule has 2 aromatic heterocycles. The third-order valence-electron chi connectivity index (χ3n) is 4.16. The molecule has 22 heavy (non-hydrogen) atoms. The van der Waals surface area contributed by atoms with Gasteiger partial charge in [-0.2, -0.15) is 0 Å². The van der Waals surface area contributed by atoms with E-state index < -0.39 is 0 Å². The lowest BCUT2D eigenvalue weighted by atomic mass is 10.1. The van der Waals surface area contributed by atoms with Crippen LogP contribution in [0.3, 0.4) is 0 Å². The van der Waals surface area contributed by atoms with E-state index in [9.17, 15) is 0 Å². The number of anilines is 1. The van der Waals surface area contributed by atoms with Crippen LogP contribution in [0.5, 0.6) is 0 Å². The molecule has 6 heteroatoms. The number of aryl methyl sites for hydroxylation is 3. The Bertz CT molecular complexity index is 611. The minimum atomic E-state index is 0.645. The summed E-state index contributed by atoms with van der Waals surface area (Å²) in [5.74, 6) is 0. The third-order valence-corrected chi connectivity index (χ3v) is 6.31. The second kappa shape index (κ2) is 7.06. The Morgan fingerprint density at radius 1 is 1.23 bits per heavy atom. The van der Waals surface area contributed by atoms with Crippen molar-refractivity contribution in [1.82, 2.24) is 15.3 Å². The second-order valence-corrected chi connectivity index (χ2v) is 8.10. The van der Waals surface area contributed by atoms with Crippen molar-refractivity contribution >= 4 is 27.8 Å². The smallest absolute Gasteiger partial charge is 0.185 e. The van der Waals surface area contributed by atoms with E-state index in [2.05, 4.69) is 46.3 Å². The van der Waals surface area contributed by atoms with Crippen molar-refractivity contribution in [2.24, 2.45) is 0 Å². The van der Waals surface area contributed by atoms with E-state index in [0.717, 1.165) is 31.7 Å². The standard InChI is InChI=1S/C16H24N4S2/c1-11-10-21-16(18-11)20-8-5-14(6-9-20)17-7-4-15-12(2)19-13(3)22-15/h10,14,17H,4-9H2,1-3H3. The zero-order valence-electron chi connectivity index (χ0n) is 13.6. The fourth-order valence-electron chi connectivity index (χ4n) is 2.96. The number of nitrogens with one attached hydrogen (secondary N) is 1.